The van der Waals surface area contributed by atoms with Crippen molar-refractivity contribution in [2.24, 2.45) is 0 Å². The molecule has 0 spiro atoms. The molecule has 1 rings (SSSR count). The van der Waals surface area contributed by atoms with E-state index in [1.807, 2.05) is 13.0 Å². The first-order valence-corrected chi connectivity index (χ1v) is 4.39. The van der Waals surface area contributed by atoms with Gasteiger partial charge in [-0.15, -0.1) is 0 Å². The van der Waals surface area contributed by atoms with E-state index in [0.29, 0.717) is 11.3 Å². The maximum atomic E-state index is 11.0. The van der Waals surface area contributed by atoms with Crippen molar-refractivity contribution in [2.75, 3.05) is 5.73 Å². The summed E-state index contributed by atoms with van der Waals surface area (Å²) < 4.78 is 0.815. The number of ketones is 1. The largest absolute Gasteiger partial charge is 0.397 e. The number of carbonyl (C=O) groups excluding carboxylic acids is 1. The summed E-state index contributed by atoms with van der Waals surface area (Å²) in [6, 6.07) is 3.62. The average molecular weight is 228 g/mol. The molecule has 0 radical (unpaired) electrons. The van der Waals surface area contributed by atoms with E-state index in [1.54, 1.807) is 6.07 Å². The maximum Gasteiger partial charge on any atom is 0.161 e. The fourth-order valence-electron chi connectivity index (χ4n) is 1.01. The van der Waals surface area contributed by atoms with Gasteiger partial charge in [0.15, 0.2) is 5.78 Å². The number of rotatable bonds is 1. The Kier molecular flexibility index (Phi) is 2.52. The summed E-state index contributed by atoms with van der Waals surface area (Å²) in [5.74, 6) is -0.00630. The van der Waals surface area contributed by atoms with Gasteiger partial charge < -0.3 is 5.73 Å². The van der Waals surface area contributed by atoms with E-state index < -0.39 is 0 Å². The summed E-state index contributed by atoms with van der Waals surface area (Å²) in [6.45, 7) is 3.44. The van der Waals surface area contributed by atoms with Gasteiger partial charge in [-0.1, -0.05) is 6.07 Å². The van der Waals surface area contributed by atoms with Crippen molar-refractivity contribution in [3.05, 3.63) is 27.7 Å². The third-order valence-corrected chi connectivity index (χ3v) is 2.80. The average Bonchev–Trinajstić information content (AvgIpc) is 2.00. The Hall–Kier alpha value is -0.830. The van der Waals surface area contributed by atoms with Crippen LogP contribution in [0.25, 0.3) is 0 Å². The number of benzene rings is 1. The molecule has 1 aromatic rings. The molecule has 0 aliphatic rings. The molecule has 2 nitrogen and oxygen atoms in total. The molecule has 2 N–H and O–H groups in total. The number of nitrogen functional groups attached to an aromatic ring is 1. The molecule has 64 valence electrons. The number of anilines is 1. The summed E-state index contributed by atoms with van der Waals surface area (Å²) in [5.41, 5.74) is 7.86. The fourth-order valence-corrected chi connectivity index (χ4v) is 1.35. The van der Waals surface area contributed by atoms with Crippen LogP contribution in [0.3, 0.4) is 0 Å². The highest BCUT2D eigenvalue weighted by Gasteiger charge is 2.08. The van der Waals surface area contributed by atoms with Gasteiger partial charge >= 0.3 is 0 Å². The molecule has 0 unspecified atom stereocenters. The third-order valence-electron chi connectivity index (χ3n) is 1.75. The molecule has 0 aliphatic heterocycles. The van der Waals surface area contributed by atoms with Gasteiger partial charge in [0.2, 0.25) is 0 Å². The highest BCUT2D eigenvalue weighted by Crippen LogP contribution is 2.27. The van der Waals surface area contributed by atoms with Crippen LogP contribution in [0.4, 0.5) is 5.69 Å². The second kappa shape index (κ2) is 3.27. The Balaban J connectivity index is 3.36. The molecule has 0 atom stereocenters. The molecule has 3 heteroatoms. The van der Waals surface area contributed by atoms with Crippen LogP contribution in [-0.4, -0.2) is 5.78 Å². The third kappa shape index (κ3) is 1.50. The zero-order valence-electron chi connectivity index (χ0n) is 7.02. The van der Waals surface area contributed by atoms with E-state index in [-0.39, 0.29) is 5.78 Å². The number of nitrogens with two attached hydrogens (primary N) is 1. The minimum atomic E-state index is -0.00630. The Morgan fingerprint density at radius 3 is 2.58 bits per heavy atom. The summed E-state index contributed by atoms with van der Waals surface area (Å²) >= 11 is 3.32. The fraction of sp³-hybridized carbons (Fsp3) is 0.222. The van der Waals surface area contributed by atoms with Crippen LogP contribution in [-0.2, 0) is 0 Å². The van der Waals surface area contributed by atoms with E-state index in [1.165, 1.54) is 6.92 Å². The minimum Gasteiger partial charge on any atom is -0.397 e. The van der Waals surface area contributed by atoms with Crippen molar-refractivity contribution in [1.82, 2.24) is 0 Å². The Morgan fingerprint density at radius 2 is 2.08 bits per heavy atom. The van der Waals surface area contributed by atoms with Crippen LogP contribution in [0, 0.1) is 6.92 Å². The normalized spacial score (nSPS) is 9.92. The van der Waals surface area contributed by atoms with Crippen molar-refractivity contribution in [3.63, 3.8) is 0 Å². The molecule has 0 saturated heterocycles. The molecule has 0 aromatic heterocycles. The number of carbonyl (C=O) groups is 1. The van der Waals surface area contributed by atoms with Crippen molar-refractivity contribution in [1.29, 1.82) is 0 Å². The van der Waals surface area contributed by atoms with E-state index >= 15 is 0 Å². The zero-order chi connectivity index (χ0) is 9.30. The second-order valence-electron chi connectivity index (χ2n) is 2.71. The molecule has 0 fully saturated rings. The van der Waals surface area contributed by atoms with Crippen LogP contribution in [0.2, 0.25) is 0 Å². The standard InChI is InChI=1S/C9H10BrNO/c1-5-3-4-7(6(2)12)9(11)8(5)10/h3-4H,11H2,1-2H3. The molecule has 0 amide bonds. The van der Waals surface area contributed by atoms with Crippen molar-refractivity contribution in [2.45, 2.75) is 13.8 Å². The first-order valence-electron chi connectivity index (χ1n) is 3.59. The summed E-state index contributed by atoms with van der Waals surface area (Å²) in [7, 11) is 0. The second-order valence-corrected chi connectivity index (χ2v) is 3.51. The number of hydrogen-bond acceptors (Lipinski definition) is 2. The topological polar surface area (TPSA) is 43.1 Å². The van der Waals surface area contributed by atoms with E-state index in [9.17, 15) is 4.79 Å². The predicted molar refractivity (Wildman–Crippen MR) is 53.3 cm³/mol. The van der Waals surface area contributed by atoms with Crippen LogP contribution >= 0.6 is 15.9 Å². The zero-order valence-corrected chi connectivity index (χ0v) is 8.60. The highest BCUT2D eigenvalue weighted by atomic mass is 79.9. The van der Waals surface area contributed by atoms with Gasteiger partial charge in [-0.3, -0.25) is 4.79 Å². The van der Waals surface area contributed by atoms with Crippen LogP contribution in [0.1, 0.15) is 22.8 Å². The molecule has 0 aliphatic carbocycles. The minimum absolute atomic E-state index is 0.00630. The summed E-state index contributed by atoms with van der Waals surface area (Å²) in [6.07, 6.45) is 0. The van der Waals surface area contributed by atoms with Crippen molar-refractivity contribution < 1.29 is 4.79 Å². The lowest BCUT2D eigenvalue weighted by molar-refractivity contribution is 0.101. The Bertz CT molecular complexity index is 334. The van der Waals surface area contributed by atoms with E-state index in [2.05, 4.69) is 15.9 Å². The van der Waals surface area contributed by atoms with Crippen molar-refractivity contribution in [3.8, 4) is 0 Å². The van der Waals surface area contributed by atoms with Crippen LogP contribution in [0.5, 0.6) is 0 Å². The molecule has 0 saturated carbocycles. The summed E-state index contributed by atoms with van der Waals surface area (Å²) in [5, 5.41) is 0. The number of Topliss-reactive ketones (excluding diaryl/α,β-unsaturated/α-hetero) is 1. The summed E-state index contributed by atoms with van der Waals surface area (Å²) in [4.78, 5) is 11.0. The Morgan fingerprint density at radius 1 is 1.50 bits per heavy atom. The quantitative estimate of drug-likeness (QED) is 0.592. The molecular weight excluding hydrogens is 218 g/mol. The van der Waals surface area contributed by atoms with E-state index in [0.717, 1.165) is 10.0 Å². The van der Waals surface area contributed by atoms with Crippen LogP contribution in [0.15, 0.2) is 16.6 Å². The van der Waals surface area contributed by atoms with Gasteiger partial charge in [-0.05, 0) is 41.4 Å². The number of halogens is 1. The lowest BCUT2D eigenvalue weighted by atomic mass is 10.1. The SMILES string of the molecule is CC(=O)c1ccc(C)c(Br)c1N. The number of hydrogen-bond donors (Lipinski definition) is 1. The molecule has 1 aromatic carbocycles. The van der Waals surface area contributed by atoms with Gasteiger partial charge in [0.1, 0.15) is 0 Å². The lowest BCUT2D eigenvalue weighted by Crippen LogP contribution is -2.01. The monoisotopic (exact) mass is 227 g/mol. The molecular formula is C9H10BrNO. The van der Waals surface area contributed by atoms with Crippen molar-refractivity contribution >= 4 is 27.4 Å². The molecule has 0 heterocycles. The van der Waals surface area contributed by atoms with Crippen LogP contribution < -0.4 is 5.73 Å². The molecule has 0 bridgehead atoms. The first kappa shape index (κ1) is 9.26. The molecule has 12 heavy (non-hydrogen) atoms. The highest BCUT2D eigenvalue weighted by molar-refractivity contribution is 9.10. The maximum absolute atomic E-state index is 11.0. The predicted octanol–water partition coefficient (Wildman–Crippen LogP) is 2.54. The Labute approximate surface area is 79.9 Å². The van der Waals surface area contributed by atoms with Gasteiger partial charge in [0, 0.05) is 10.0 Å². The smallest absolute Gasteiger partial charge is 0.161 e. The number of aryl methyl sites for hydroxylation is 1. The first-order chi connectivity index (χ1) is 5.54. The van der Waals surface area contributed by atoms with Gasteiger partial charge in [0.05, 0.1) is 5.69 Å². The van der Waals surface area contributed by atoms with Gasteiger partial charge in [-0.2, -0.15) is 0 Å². The van der Waals surface area contributed by atoms with Gasteiger partial charge in [-0.25, -0.2) is 0 Å². The lowest BCUT2D eigenvalue weighted by Gasteiger charge is -2.06. The van der Waals surface area contributed by atoms with Gasteiger partial charge in [0.25, 0.3) is 0 Å². The van der Waals surface area contributed by atoms with E-state index in [4.69, 9.17) is 5.73 Å².